The second kappa shape index (κ2) is 11.8. The summed E-state index contributed by atoms with van der Waals surface area (Å²) < 4.78 is 84.4. The Bertz CT molecular complexity index is 1380. The number of nitrogens with zero attached hydrogens (tertiary/aromatic N) is 1. The van der Waals surface area contributed by atoms with E-state index in [1.807, 2.05) is 0 Å². The first kappa shape index (κ1) is 28.7. The first-order valence-electron chi connectivity index (χ1n) is 12.1. The quantitative estimate of drug-likeness (QED) is 0.351. The van der Waals surface area contributed by atoms with E-state index in [9.17, 15) is 22.8 Å². The summed E-state index contributed by atoms with van der Waals surface area (Å²) in [4.78, 5) is 27.7. The number of carbonyl (C=O) groups excluding carboxylic acids is 2. The molecule has 212 valence electrons. The number of alkyl halides is 2. The van der Waals surface area contributed by atoms with Crippen molar-refractivity contribution in [3.05, 3.63) is 83.2 Å². The monoisotopic (exact) mass is 564 g/mol. The van der Waals surface area contributed by atoms with Crippen molar-refractivity contribution in [2.45, 2.75) is 38.5 Å². The fraction of sp³-hybridized carbons (Fsp3) is 0.286. The predicted octanol–water partition coefficient (Wildman–Crippen LogP) is 5.43. The second-order valence-corrected chi connectivity index (χ2v) is 9.23. The molecule has 0 bridgehead atoms. The number of ether oxygens (including phenoxy) is 3. The zero-order valence-electron chi connectivity index (χ0n) is 21.6. The fourth-order valence-corrected chi connectivity index (χ4v) is 4.47. The van der Waals surface area contributed by atoms with Crippen molar-refractivity contribution < 1.29 is 45.8 Å². The largest absolute Gasteiger partial charge is 0.497 e. The van der Waals surface area contributed by atoms with Crippen molar-refractivity contribution in [3.8, 4) is 17.2 Å². The van der Waals surface area contributed by atoms with Gasteiger partial charge in [-0.1, -0.05) is 0 Å². The van der Waals surface area contributed by atoms with Crippen LogP contribution in [0.25, 0.3) is 0 Å². The summed E-state index contributed by atoms with van der Waals surface area (Å²) in [5, 5.41) is 2.49. The van der Waals surface area contributed by atoms with Crippen LogP contribution in [-0.4, -0.2) is 44.2 Å². The Morgan fingerprint density at radius 2 is 1.57 bits per heavy atom. The van der Waals surface area contributed by atoms with Gasteiger partial charge in [0, 0.05) is 47.9 Å². The van der Waals surface area contributed by atoms with Gasteiger partial charge in [0.25, 0.3) is 5.91 Å². The second-order valence-electron chi connectivity index (χ2n) is 9.23. The molecule has 3 aromatic rings. The van der Waals surface area contributed by atoms with Crippen LogP contribution in [0.2, 0.25) is 0 Å². The van der Waals surface area contributed by atoms with E-state index in [2.05, 4.69) is 10.1 Å². The lowest BCUT2D eigenvalue weighted by atomic mass is 9.92. The minimum Gasteiger partial charge on any atom is -0.497 e. The molecule has 1 saturated heterocycles. The predicted molar refractivity (Wildman–Crippen MR) is 134 cm³/mol. The maximum absolute atomic E-state index is 15.1. The van der Waals surface area contributed by atoms with Crippen LogP contribution in [0.3, 0.4) is 0 Å². The molecule has 1 unspecified atom stereocenters. The Morgan fingerprint density at radius 3 is 2.15 bits per heavy atom. The number of anilines is 1. The van der Waals surface area contributed by atoms with Crippen molar-refractivity contribution in [1.29, 1.82) is 0 Å². The van der Waals surface area contributed by atoms with E-state index >= 15 is 8.78 Å². The van der Waals surface area contributed by atoms with Crippen LogP contribution in [-0.2, 0) is 4.79 Å². The fourth-order valence-electron chi connectivity index (χ4n) is 4.47. The lowest BCUT2D eigenvalue weighted by Crippen LogP contribution is -2.44. The van der Waals surface area contributed by atoms with Gasteiger partial charge in [0.1, 0.15) is 40.7 Å². The first-order chi connectivity index (χ1) is 19.0. The molecule has 0 saturated carbocycles. The Kier molecular flexibility index (Phi) is 8.46. The molecule has 0 spiro atoms. The van der Waals surface area contributed by atoms with E-state index in [0.717, 1.165) is 41.3 Å². The Morgan fingerprint density at radius 1 is 0.925 bits per heavy atom. The Hall–Kier alpha value is -4.35. The van der Waals surface area contributed by atoms with Gasteiger partial charge in [-0.3, -0.25) is 9.59 Å². The maximum Gasteiger partial charge on any atom is 0.387 e. The summed E-state index contributed by atoms with van der Waals surface area (Å²) in [5.74, 6) is -5.68. The molecule has 7 nitrogen and oxygen atoms in total. The molecule has 2 atom stereocenters. The molecule has 4 rings (SSSR count). The van der Waals surface area contributed by atoms with Gasteiger partial charge in [0.05, 0.1) is 18.9 Å². The van der Waals surface area contributed by atoms with Crippen LogP contribution in [0, 0.1) is 17.5 Å². The van der Waals surface area contributed by atoms with E-state index in [4.69, 9.17) is 9.47 Å². The van der Waals surface area contributed by atoms with Crippen molar-refractivity contribution in [3.63, 3.8) is 0 Å². The highest BCUT2D eigenvalue weighted by atomic mass is 19.3. The molecule has 1 N–H and O–H groups in total. The summed E-state index contributed by atoms with van der Waals surface area (Å²) >= 11 is 0. The Labute approximate surface area is 226 Å². The van der Waals surface area contributed by atoms with Crippen molar-refractivity contribution in [2.24, 2.45) is 0 Å². The molecule has 1 aliphatic heterocycles. The number of methoxy groups -OCH3 is 1. The number of carbonyl (C=O) groups is 2. The number of rotatable bonds is 9. The number of amides is 2. The van der Waals surface area contributed by atoms with Gasteiger partial charge >= 0.3 is 6.61 Å². The highest BCUT2D eigenvalue weighted by Crippen LogP contribution is 2.38. The minimum atomic E-state index is -3.06. The molecule has 1 fully saturated rings. The standard InChI is InChI=1S/C28H25F5N2O5/c1-14(2)39-20-9-16(29)8-17(10-20)35-13-21(24-22(30)11-19(38-3)12-23(24)31)25(27(35)37)34-26(36)15-4-6-18(7-5-15)40-28(32)33/h4-12,14,21,25,28H,13H2,1-3H3,(H,34,36)/t21-,25?/m0/s1. The third-order valence-corrected chi connectivity index (χ3v) is 6.14. The van der Waals surface area contributed by atoms with Crippen molar-refractivity contribution in [1.82, 2.24) is 5.32 Å². The summed E-state index contributed by atoms with van der Waals surface area (Å²) in [7, 11) is 1.23. The summed E-state index contributed by atoms with van der Waals surface area (Å²) in [6, 6.07) is 8.67. The van der Waals surface area contributed by atoms with Gasteiger partial charge in [-0.05, 0) is 44.2 Å². The highest BCUT2D eigenvalue weighted by molar-refractivity contribution is 6.05. The zero-order valence-corrected chi connectivity index (χ0v) is 21.6. The van der Waals surface area contributed by atoms with Gasteiger partial charge in [-0.2, -0.15) is 8.78 Å². The molecule has 3 aromatic carbocycles. The molecule has 0 radical (unpaired) electrons. The molecule has 1 heterocycles. The maximum atomic E-state index is 15.1. The average molecular weight is 565 g/mol. The molecular weight excluding hydrogens is 539 g/mol. The minimum absolute atomic E-state index is 0.0272. The van der Waals surface area contributed by atoms with Crippen molar-refractivity contribution in [2.75, 3.05) is 18.6 Å². The molecule has 12 heteroatoms. The van der Waals surface area contributed by atoms with Crippen LogP contribution < -0.4 is 24.4 Å². The van der Waals surface area contributed by atoms with Crippen LogP contribution in [0.1, 0.15) is 35.7 Å². The van der Waals surface area contributed by atoms with E-state index in [0.29, 0.717) is 0 Å². The van der Waals surface area contributed by atoms with E-state index in [1.165, 1.54) is 25.3 Å². The number of benzene rings is 3. The van der Waals surface area contributed by atoms with Gasteiger partial charge in [0.15, 0.2) is 0 Å². The van der Waals surface area contributed by atoms with Gasteiger partial charge < -0.3 is 24.4 Å². The molecule has 0 aromatic heterocycles. The topological polar surface area (TPSA) is 77.1 Å². The molecule has 0 aliphatic carbocycles. The van der Waals surface area contributed by atoms with Crippen LogP contribution in [0.4, 0.5) is 27.6 Å². The van der Waals surface area contributed by atoms with E-state index in [1.54, 1.807) is 13.8 Å². The smallest absolute Gasteiger partial charge is 0.387 e. The Balaban J connectivity index is 1.71. The van der Waals surface area contributed by atoms with Crippen LogP contribution in [0.15, 0.2) is 54.6 Å². The van der Waals surface area contributed by atoms with E-state index in [-0.39, 0.29) is 41.1 Å². The zero-order chi connectivity index (χ0) is 29.1. The van der Waals surface area contributed by atoms with Gasteiger partial charge in [0.2, 0.25) is 5.91 Å². The van der Waals surface area contributed by atoms with Crippen LogP contribution >= 0.6 is 0 Å². The third-order valence-electron chi connectivity index (χ3n) is 6.14. The van der Waals surface area contributed by atoms with E-state index < -0.39 is 53.4 Å². The van der Waals surface area contributed by atoms with Gasteiger partial charge in [-0.25, -0.2) is 13.2 Å². The average Bonchev–Trinajstić information content (AvgIpc) is 3.18. The van der Waals surface area contributed by atoms with Crippen LogP contribution in [0.5, 0.6) is 17.2 Å². The first-order valence-corrected chi connectivity index (χ1v) is 12.1. The molecule has 1 aliphatic rings. The number of hydrogen-bond donors (Lipinski definition) is 1. The summed E-state index contributed by atoms with van der Waals surface area (Å²) in [6.45, 7) is 0.0878. The summed E-state index contributed by atoms with van der Waals surface area (Å²) in [5.41, 5.74) is -0.441. The number of hydrogen-bond acceptors (Lipinski definition) is 5. The third kappa shape index (κ3) is 6.27. The number of halogens is 5. The summed E-state index contributed by atoms with van der Waals surface area (Å²) in [6.07, 6.45) is -0.302. The highest BCUT2D eigenvalue weighted by Gasteiger charge is 2.45. The van der Waals surface area contributed by atoms with Gasteiger partial charge in [-0.15, -0.1) is 0 Å². The normalized spacial score (nSPS) is 16.9. The lowest BCUT2D eigenvalue weighted by molar-refractivity contribution is -0.118. The molecular formula is C28H25F5N2O5. The number of nitrogens with one attached hydrogen (secondary N) is 1. The lowest BCUT2D eigenvalue weighted by Gasteiger charge is -2.20. The SMILES string of the molecule is COc1cc(F)c([C@@H]2CN(c3cc(F)cc(OC(C)C)c3)C(=O)C2NC(=O)c2ccc(OC(F)F)cc2)c(F)c1. The molecule has 40 heavy (non-hydrogen) atoms. The van der Waals surface area contributed by atoms with Crippen molar-refractivity contribution >= 4 is 17.5 Å². The molecule has 2 amide bonds.